The Morgan fingerprint density at radius 1 is 1.31 bits per heavy atom. The fourth-order valence-corrected chi connectivity index (χ4v) is 1.74. The third kappa shape index (κ3) is 9.97. The van der Waals surface area contributed by atoms with Crippen molar-refractivity contribution in [1.29, 1.82) is 0 Å². The molecule has 0 unspecified atom stereocenters. The average Bonchev–Trinajstić information content (AvgIpc) is 2.86. The Bertz CT molecular complexity index is 155. The van der Waals surface area contributed by atoms with Gasteiger partial charge in [-0.05, 0) is 25.2 Å². The van der Waals surface area contributed by atoms with Crippen molar-refractivity contribution < 1.29 is 4.74 Å². The van der Waals surface area contributed by atoms with Crippen LogP contribution in [0.1, 0.15) is 52.9 Å². The molecular formula is C15H30O. The minimum absolute atomic E-state index is 0.653. The molecule has 0 bridgehead atoms. The molecule has 0 N–H and O–H groups in total. The van der Waals surface area contributed by atoms with Crippen LogP contribution in [-0.4, -0.2) is 13.7 Å². The lowest BCUT2D eigenvalue weighted by Crippen LogP contribution is -1.94. The van der Waals surface area contributed by atoms with Crippen molar-refractivity contribution in [2.24, 2.45) is 5.92 Å². The Balaban J connectivity index is 0. The van der Waals surface area contributed by atoms with E-state index in [9.17, 15) is 0 Å². The van der Waals surface area contributed by atoms with Crippen LogP contribution in [0.4, 0.5) is 0 Å². The molecular weight excluding hydrogens is 196 g/mol. The summed E-state index contributed by atoms with van der Waals surface area (Å²) >= 11 is 0. The first-order chi connectivity index (χ1) is 7.76. The van der Waals surface area contributed by atoms with Gasteiger partial charge in [0.15, 0.2) is 0 Å². The molecule has 1 nitrogen and oxygen atoms in total. The van der Waals surface area contributed by atoms with Crippen molar-refractivity contribution in [3.05, 3.63) is 24.8 Å². The second-order valence-electron chi connectivity index (χ2n) is 3.74. The molecule has 0 spiro atoms. The molecule has 0 aliphatic heterocycles. The molecule has 0 aromatic rings. The summed E-state index contributed by atoms with van der Waals surface area (Å²) in [5.74, 6) is 0.884. The molecule has 1 rings (SSSR count). The van der Waals surface area contributed by atoms with Gasteiger partial charge in [0.2, 0.25) is 0 Å². The third-order valence-corrected chi connectivity index (χ3v) is 2.67. The maximum absolute atomic E-state index is 4.57. The monoisotopic (exact) mass is 226 g/mol. The largest absolute Gasteiger partial charge is 0.381 e. The summed E-state index contributed by atoms with van der Waals surface area (Å²) in [4.78, 5) is 0. The van der Waals surface area contributed by atoms with Crippen LogP contribution in [0.2, 0.25) is 0 Å². The topological polar surface area (TPSA) is 9.23 Å². The van der Waals surface area contributed by atoms with Gasteiger partial charge in [-0.1, -0.05) is 51.8 Å². The summed E-state index contributed by atoms with van der Waals surface area (Å²) in [7, 11) is 1.64. The zero-order valence-corrected chi connectivity index (χ0v) is 11.7. The Hall–Kier alpha value is -0.560. The predicted molar refractivity (Wildman–Crippen MR) is 74.8 cm³/mol. The van der Waals surface area contributed by atoms with Crippen LogP contribution >= 0.6 is 0 Å². The van der Waals surface area contributed by atoms with E-state index in [0.29, 0.717) is 6.61 Å². The lowest BCUT2D eigenvalue weighted by Gasteiger charge is -2.08. The van der Waals surface area contributed by atoms with Crippen LogP contribution in [0.5, 0.6) is 0 Å². The average molecular weight is 226 g/mol. The van der Waals surface area contributed by atoms with Crippen molar-refractivity contribution in [3.8, 4) is 0 Å². The van der Waals surface area contributed by atoms with Crippen LogP contribution in [-0.2, 0) is 4.74 Å². The van der Waals surface area contributed by atoms with Gasteiger partial charge in [-0.3, -0.25) is 0 Å². The number of methoxy groups -OCH3 is 1. The van der Waals surface area contributed by atoms with Gasteiger partial charge >= 0.3 is 0 Å². The first kappa shape index (κ1) is 17.8. The number of hydrogen-bond donors (Lipinski definition) is 0. The van der Waals surface area contributed by atoms with E-state index in [1.807, 2.05) is 13.8 Å². The Kier molecular flexibility index (Phi) is 16.1. The van der Waals surface area contributed by atoms with Crippen molar-refractivity contribution in [2.45, 2.75) is 52.9 Å². The van der Waals surface area contributed by atoms with Crippen LogP contribution < -0.4 is 0 Å². The number of hydrogen-bond acceptors (Lipinski definition) is 1. The van der Waals surface area contributed by atoms with Gasteiger partial charge in [0.25, 0.3) is 0 Å². The number of allylic oxidation sites excluding steroid dienone is 1. The van der Waals surface area contributed by atoms with Gasteiger partial charge in [-0.2, -0.15) is 0 Å². The van der Waals surface area contributed by atoms with E-state index in [1.54, 1.807) is 13.2 Å². The van der Waals surface area contributed by atoms with Crippen molar-refractivity contribution in [2.75, 3.05) is 13.7 Å². The molecule has 0 heterocycles. The molecule has 0 aromatic carbocycles. The second kappa shape index (κ2) is 14.4. The van der Waals surface area contributed by atoms with Gasteiger partial charge < -0.3 is 4.74 Å². The molecule has 96 valence electrons. The molecule has 1 aliphatic rings. The molecule has 0 saturated heterocycles. The van der Waals surface area contributed by atoms with Gasteiger partial charge in [-0.25, -0.2) is 0 Å². The Labute approximate surface area is 103 Å². The summed E-state index contributed by atoms with van der Waals surface area (Å²) in [5, 5.41) is 0. The normalized spacial score (nSPS) is 14.2. The molecule has 1 fully saturated rings. The maximum atomic E-state index is 4.57. The van der Waals surface area contributed by atoms with Gasteiger partial charge in [-0.15, -0.1) is 6.58 Å². The summed E-state index contributed by atoms with van der Waals surface area (Å²) in [6, 6.07) is 0. The molecule has 0 aromatic heterocycles. The second-order valence-corrected chi connectivity index (χ2v) is 3.74. The zero-order chi connectivity index (χ0) is 12.8. The van der Waals surface area contributed by atoms with Crippen LogP contribution in [0.25, 0.3) is 0 Å². The van der Waals surface area contributed by atoms with Crippen molar-refractivity contribution >= 4 is 0 Å². The van der Waals surface area contributed by atoms with E-state index >= 15 is 0 Å². The molecule has 1 saturated carbocycles. The van der Waals surface area contributed by atoms with Gasteiger partial charge in [0.1, 0.15) is 0 Å². The Morgan fingerprint density at radius 3 is 2.06 bits per heavy atom. The number of ether oxygens (including phenoxy) is 1. The third-order valence-electron chi connectivity index (χ3n) is 2.67. The van der Waals surface area contributed by atoms with Crippen LogP contribution in [0, 0.1) is 5.92 Å². The van der Waals surface area contributed by atoms with Crippen LogP contribution in [0.15, 0.2) is 24.8 Å². The maximum Gasteiger partial charge on any atom is 0.0641 e. The van der Waals surface area contributed by atoms with Crippen LogP contribution in [0.3, 0.4) is 0 Å². The molecule has 0 atom stereocenters. The lowest BCUT2D eigenvalue weighted by molar-refractivity contribution is 0.234. The SMILES string of the molecule is C=C(CC)C1CCCC1.C=CCOC.CC. The summed E-state index contributed by atoms with van der Waals surface area (Å²) < 4.78 is 4.57. The summed E-state index contributed by atoms with van der Waals surface area (Å²) in [6.45, 7) is 14.3. The Morgan fingerprint density at radius 2 is 1.81 bits per heavy atom. The van der Waals surface area contributed by atoms with E-state index in [-0.39, 0.29) is 0 Å². The van der Waals surface area contributed by atoms with E-state index < -0.39 is 0 Å². The highest BCUT2D eigenvalue weighted by Crippen LogP contribution is 2.31. The first-order valence-electron chi connectivity index (χ1n) is 6.53. The smallest absolute Gasteiger partial charge is 0.0641 e. The lowest BCUT2D eigenvalue weighted by atomic mass is 9.97. The van der Waals surface area contributed by atoms with Crippen molar-refractivity contribution in [3.63, 3.8) is 0 Å². The molecule has 16 heavy (non-hydrogen) atoms. The quantitative estimate of drug-likeness (QED) is 0.614. The van der Waals surface area contributed by atoms with E-state index in [0.717, 1.165) is 5.92 Å². The molecule has 1 aliphatic carbocycles. The van der Waals surface area contributed by atoms with Crippen molar-refractivity contribution in [1.82, 2.24) is 0 Å². The van der Waals surface area contributed by atoms with E-state index in [1.165, 1.54) is 37.7 Å². The summed E-state index contributed by atoms with van der Waals surface area (Å²) in [6.07, 6.45) is 8.58. The predicted octanol–water partition coefficient (Wildman–Crippen LogP) is 4.99. The highest BCUT2D eigenvalue weighted by atomic mass is 16.5. The highest BCUT2D eigenvalue weighted by molar-refractivity contribution is 5.01. The minimum Gasteiger partial charge on any atom is -0.381 e. The van der Waals surface area contributed by atoms with E-state index in [4.69, 9.17) is 0 Å². The molecule has 0 amide bonds. The highest BCUT2D eigenvalue weighted by Gasteiger charge is 2.15. The summed E-state index contributed by atoms with van der Waals surface area (Å²) in [5.41, 5.74) is 1.48. The van der Waals surface area contributed by atoms with Gasteiger partial charge in [0, 0.05) is 7.11 Å². The minimum atomic E-state index is 0.653. The van der Waals surface area contributed by atoms with Gasteiger partial charge in [0.05, 0.1) is 6.61 Å². The van der Waals surface area contributed by atoms with E-state index in [2.05, 4.69) is 24.8 Å². The number of rotatable bonds is 4. The first-order valence-corrected chi connectivity index (χ1v) is 6.53. The fraction of sp³-hybridized carbons (Fsp3) is 0.733. The molecule has 0 radical (unpaired) electrons. The zero-order valence-electron chi connectivity index (χ0n) is 11.7. The fourth-order valence-electron chi connectivity index (χ4n) is 1.74. The standard InChI is InChI=1S/C9H16.C4H8O.C2H6/c1-3-8(2)9-6-4-5-7-9;1-3-4-5-2;1-2/h9H,2-7H2,1H3;3H,1,4H2,2H3;1-2H3. The molecule has 1 heteroatoms.